The van der Waals surface area contributed by atoms with Gasteiger partial charge in [0, 0.05) is 37.7 Å². The number of amides is 2. The number of methoxy groups -OCH3 is 1. The number of aryl methyl sites for hydroxylation is 1. The van der Waals surface area contributed by atoms with E-state index in [0.29, 0.717) is 30.5 Å². The summed E-state index contributed by atoms with van der Waals surface area (Å²) in [5.41, 5.74) is 0.806. The van der Waals surface area contributed by atoms with Crippen LogP contribution in [0.4, 0.5) is 0 Å². The van der Waals surface area contributed by atoms with Crippen LogP contribution in [0.15, 0.2) is 30.3 Å². The van der Waals surface area contributed by atoms with Gasteiger partial charge in [-0.05, 0) is 44.0 Å². The van der Waals surface area contributed by atoms with Crippen molar-refractivity contribution in [1.82, 2.24) is 20.2 Å². The molecule has 8 nitrogen and oxygen atoms in total. The van der Waals surface area contributed by atoms with E-state index < -0.39 is 0 Å². The van der Waals surface area contributed by atoms with Crippen molar-refractivity contribution in [2.45, 2.75) is 32.6 Å². The zero-order chi connectivity index (χ0) is 20.8. The van der Waals surface area contributed by atoms with Crippen LogP contribution in [0.25, 0.3) is 0 Å². The van der Waals surface area contributed by atoms with Crippen molar-refractivity contribution in [1.29, 1.82) is 0 Å². The molecule has 1 saturated heterocycles. The molecule has 0 bridgehead atoms. The van der Waals surface area contributed by atoms with Crippen LogP contribution >= 0.6 is 0 Å². The van der Waals surface area contributed by atoms with Gasteiger partial charge in [-0.25, -0.2) is 4.98 Å². The molecule has 0 spiro atoms. The Bertz CT molecular complexity index is 869. The van der Waals surface area contributed by atoms with Gasteiger partial charge in [-0.2, -0.15) is 4.98 Å². The molecule has 0 saturated carbocycles. The van der Waals surface area contributed by atoms with Gasteiger partial charge in [0.1, 0.15) is 17.3 Å². The number of ether oxygens (including phenoxy) is 2. The molecule has 29 heavy (non-hydrogen) atoms. The van der Waals surface area contributed by atoms with Crippen LogP contribution in [0, 0.1) is 6.92 Å². The fraction of sp³-hybridized carbons (Fsp3) is 0.429. The topological polar surface area (TPSA) is 93.7 Å². The second-order valence-corrected chi connectivity index (χ2v) is 7.07. The van der Waals surface area contributed by atoms with E-state index in [2.05, 4.69) is 15.3 Å². The van der Waals surface area contributed by atoms with E-state index >= 15 is 0 Å². The molecule has 1 aliphatic rings. The van der Waals surface area contributed by atoms with E-state index in [4.69, 9.17) is 9.47 Å². The standard InChI is InChI=1S/C21H26N4O4/c1-14-11-19(29-18-8-6-17(28-3)7-9-18)24-21(23-14)16-5-4-10-25(13-16)20(27)12-22-15(2)26/h6-9,11,16H,4-5,10,12-13H2,1-3H3,(H,22,26). The average molecular weight is 398 g/mol. The van der Waals surface area contributed by atoms with Gasteiger partial charge < -0.3 is 19.7 Å². The SMILES string of the molecule is COc1ccc(Oc2cc(C)nc(C3CCCN(C(=O)CNC(C)=O)C3)n2)cc1. The third-order valence-corrected chi connectivity index (χ3v) is 4.76. The fourth-order valence-electron chi connectivity index (χ4n) is 3.29. The minimum atomic E-state index is -0.214. The normalized spacial score (nSPS) is 16.2. The molecule has 2 aromatic rings. The Morgan fingerprint density at radius 3 is 2.62 bits per heavy atom. The summed E-state index contributed by atoms with van der Waals surface area (Å²) in [5, 5.41) is 2.56. The Hall–Kier alpha value is -3.16. The Morgan fingerprint density at radius 1 is 1.21 bits per heavy atom. The van der Waals surface area contributed by atoms with Gasteiger partial charge in [0.15, 0.2) is 0 Å². The lowest BCUT2D eigenvalue weighted by Crippen LogP contribution is -2.44. The quantitative estimate of drug-likeness (QED) is 0.803. The van der Waals surface area contributed by atoms with Crippen molar-refractivity contribution < 1.29 is 19.1 Å². The number of benzene rings is 1. The predicted octanol–water partition coefficient (Wildman–Crippen LogP) is 2.43. The van der Waals surface area contributed by atoms with Gasteiger partial charge in [0.05, 0.1) is 13.7 Å². The molecule has 0 aliphatic carbocycles. The monoisotopic (exact) mass is 398 g/mol. The third kappa shape index (κ3) is 5.66. The van der Waals surface area contributed by atoms with Crippen molar-refractivity contribution in [2.75, 3.05) is 26.7 Å². The summed E-state index contributed by atoms with van der Waals surface area (Å²) in [4.78, 5) is 34.3. The van der Waals surface area contributed by atoms with E-state index in [0.717, 1.165) is 24.3 Å². The first-order chi connectivity index (χ1) is 13.9. The molecule has 2 heterocycles. The van der Waals surface area contributed by atoms with Crippen molar-refractivity contribution in [3.05, 3.63) is 41.9 Å². The summed E-state index contributed by atoms with van der Waals surface area (Å²) in [6, 6.07) is 9.07. The number of aromatic nitrogens is 2. The number of nitrogens with one attached hydrogen (secondary N) is 1. The molecule has 0 radical (unpaired) electrons. The summed E-state index contributed by atoms with van der Waals surface area (Å²) in [7, 11) is 1.62. The van der Waals surface area contributed by atoms with Crippen LogP contribution in [0.2, 0.25) is 0 Å². The summed E-state index contributed by atoms with van der Waals surface area (Å²) in [5.74, 6) is 2.28. The van der Waals surface area contributed by atoms with E-state index in [-0.39, 0.29) is 24.3 Å². The number of hydrogen-bond acceptors (Lipinski definition) is 6. The van der Waals surface area contributed by atoms with Gasteiger partial charge in [-0.15, -0.1) is 0 Å². The van der Waals surface area contributed by atoms with E-state index in [9.17, 15) is 9.59 Å². The zero-order valence-corrected chi connectivity index (χ0v) is 17.0. The van der Waals surface area contributed by atoms with E-state index in [1.165, 1.54) is 6.92 Å². The fourth-order valence-corrected chi connectivity index (χ4v) is 3.29. The summed E-state index contributed by atoms with van der Waals surface area (Å²) < 4.78 is 11.1. The molecule has 3 rings (SSSR count). The second kappa shape index (κ2) is 9.36. The van der Waals surface area contributed by atoms with Crippen LogP contribution < -0.4 is 14.8 Å². The molecular formula is C21H26N4O4. The molecule has 1 fully saturated rings. The first kappa shape index (κ1) is 20.6. The molecule has 1 atom stereocenters. The highest BCUT2D eigenvalue weighted by atomic mass is 16.5. The number of rotatable bonds is 6. The lowest BCUT2D eigenvalue weighted by Gasteiger charge is -2.32. The van der Waals surface area contributed by atoms with Gasteiger partial charge in [-0.1, -0.05) is 0 Å². The molecule has 1 aliphatic heterocycles. The predicted molar refractivity (Wildman–Crippen MR) is 107 cm³/mol. The number of piperidine rings is 1. The first-order valence-electron chi connectivity index (χ1n) is 9.64. The second-order valence-electron chi connectivity index (χ2n) is 7.07. The largest absolute Gasteiger partial charge is 0.497 e. The maximum Gasteiger partial charge on any atom is 0.241 e. The summed E-state index contributed by atoms with van der Waals surface area (Å²) in [6.45, 7) is 4.52. The molecule has 1 aromatic carbocycles. The molecule has 2 amide bonds. The van der Waals surface area contributed by atoms with Crippen LogP contribution in [-0.4, -0.2) is 53.4 Å². The molecule has 1 aromatic heterocycles. The van der Waals surface area contributed by atoms with Gasteiger partial charge in [-0.3, -0.25) is 9.59 Å². The Morgan fingerprint density at radius 2 is 1.93 bits per heavy atom. The number of hydrogen-bond donors (Lipinski definition) is 1. The van der Waals surface area contributed by atoms with Crippen molar-refractivity contribution in [3.63, 3.8) is 0 Å². The zero-order valence-electron chi connectivity index (χ0n) is 17.0. The van der Waals surface area contributed by atoms with Gasteiger partial charge in [0.25, 0.3) is 0 Å². The highest BCUT2D eigenvalue weighted by Gasteiger charge is 2.27. The molecule has 1 unspecified atom stereocenters. The van der Waals surface area contributed by atoms with Crippen molar-refractivity contribution in [2.24, 2.45) is 0 Å². The summed E-state index contributed by atoms with van der Waals surface area (Å²) >= 11 is 0. The lowest BCUT2D eigenvalue weighted by molar-refractivity contribution is -0.133. The molecule has 8 heteroatoms. The van der Waals surface area contributed by atoms with Gasteiger partial charge in [0.2, 0.25) is 17.7 Å². The van der Waals surface area contributed by atoms with Crippen LogP contribution in [0.3, 0.4) is 0 Å². The minimum Gasteiger partial charge on any atom is -0.497 e. The van der Waals surface area contributed by atoms with E-state index in [1.54, 1.807) is 18.1 Å². The van der Waals surface area contributed by atoms with Crippen LogP contribution in [0.5, 0.6) is 17.4 Å². The number of carbonyl (C=O) groups excluding carboxylic acids is 2. The average Bonchev–Trinajstić information content (AvgIpc) is 2.72. The lowest BCUT2D eigenvalue weighted by atomic mass is 9.97. The Labute approximate surface area is 170 Å². The van der Waals surface area contributed by atoms with Crippen molar-refractivity contribution in [3.8, 4) is 17.4 Å². The molecule has 1 N–H and O–H groups in total. The Balaban J connectivity index is 1.71. The van der Waals surface area contributed by atoms with Crippen LogP contribution in [-0.2, 0) is 9.59 Å². The maximum absolute atomic E-state index is 12.3. The minimum absolute atomic E-state index is 0.0164. The highest BCUT2D eigenvalue weighted by molar-refractivity contribution is 5.83. The van der Waals surface area contributed by atoms with E-state index in [1.807, 2.05) is 31.2 Å². The van der Waals surface area contributed by atoms with Gasteiger partial charge >= 0.3 is 0 Å². The highest BCUT2D eigenvalue weighted by Crippen LogP contribution is 2.28. The van der Waals surface area contributed by atoms with Crippen molar-refractivity contribution >= 4 is 11.8 Å². The third-order valence-electron chi connectivity index (χ3n) is 4.76. The molecule has 154 valence electrons. The summed E-state index contributed by atoms with van der Waals surface area (Å²) in [6.07, 6.45) is 1.76. The number of carbonyl (C=O) groups is 2. The molecular weight excluding hydrogens is 372 g/mol. The maximum atomic E-state index is 12.3. The number of nitrogens with zero attached hydrogens (tertiary/aromatic N) is 3. The Kier molecular flexibility index (Phi) is 6.64. The first-order valence-corrected chi connectivity index (χ1v) is 9.64. The smallest absolute Gasteiger partial charge is 0.241 e. The van der Waals surface area contributed by atoms with Crippen LogP contribution in [0.1, 0.15) is 37.2 Å². The number of likely N-dealkylation sites (tertiary alicyclic amines) is 1.